The molecular weight excluding hydrogens is 334 g/mol. The minimum Gasteiger partial charge on any atom is -0.451 e. The van der Waals surface area contributed by atoms with Crippen molar-refractivity contribution in [3.8, 4) is 0 Å². The molecule has 21 heavy (non-hydrogen) atoms. The van der Waals surface area contributed by atoms with E-state index in [0.717, 1.165) is 40.3 Å². The van der Waals surface area contributed by atoms with Crippen LogP contribution in [0.1, 0.15) is 35.4 Å². The maximum Gasteiger partial charge on any atom is 0.290 e. The highest BCUT2D eigenvalue weighted by Gasteiger charge is 2.31. The van der Waals surface area contributed by atoms with Crippen LogP contribution in [0.4, 0.5) is 0 Å². The summed E-state index contributed by atoms with van der Waals surface area (Å²) in [6.07, 6.45) is 3.17. The Labute approximate surface area is 131 Å². The fourth-order valence-corrected chi connectivity index (χ4v) is 3.14. The van der Waals surface area contributed by atoms with Crippen LogP contribution in [0.5, 0.6) is 0 Å². The lowest BCUT2D eigenvalue weighted by Crippen LogP contribution is -2.45. The van der Waals surface area contributed by atoms with Crippen LogP contribution in [0.25, 0.3) is 11.0 Å². The summed E-state index contributed by atoms with van der Waals surface area (Å²) in [5, 5.41) is 10.2. The number of nitrogens with zero attached hydrogens (tertiary/aromatic N) is 1. The Morgan fingerprint density at radius 3 is 2.86 bits per heavy atom. The third kappa shape index (κ3) is 2.60. The van der Waals surface area contributed by atoms with E-state index < -0.39 is 0 Å². The van der Waals surface area contributed by atoms with Gasteiger partial charge in [-0.15, -0.1) is 0 Å². The van der Waals surface area contributed by atoms with Gasteiger partial charge in [-0.2, -0.15) is 0 Å². The monoisotopic (exact) mass is 351 g/mol. The number of rotatable bonds is 4. The molecule has 0 radical (unpaired) electrons. The molecule has 1 aliphatic carbocycles. The number of amides is 1. The van der Waals surface area contributed by atoms with Crippen LogP contribution >= 0.6 is 15.9 Å². The number of carbonyl (C=O) groups is 1. The molecule has 0 atom stereocenters. The van der Waals surface area contributed by atoms with Crippen molar-refractivity contribution in [1.82, 2.24) is 4.90 Å². The molecule has 0 unspecified atom stereocenters. The number of halogens is 1. The van der Waals surface area contributed by atoms with E-state index in [1.807, 2.05) is 25.1 Å². The standard InChI is InChI=1S/C16H18BrNO3/c1-10-13-9-11(17)5-6-14(13)21-15(10)16(20)18(7-8-19)12-3-2-4-12/h5-6,9,12,19H,2-4,7-8H2,1H3. The second-order valence-corrected chi connectivity index (χ2v) is 6.42. The van der Waals surface area contributed by atoms with Crippen molar-refractivity contribution in [2.75, 3.05) is 13.2 Å². The average Bonchev–Trinajstić information content (AvgIpc) is 2.73. The van der Waals surface area contributed by atoms with Gasteiger partial charge in [0, 0.05) is 28.0 Å². The highest BCUT2D eigenvalue weighted by molar-refractivity contribution is 9.10. The number of aryl methyl sites for hydroxylation is 1. The predicted octanol–water partition coefficient (Wildman–Crippen LogP) is 3.49. The van der Waals surface area contributed by atoms with Gasteiger partial charge < -0.3 is 14.4 Å². The minimum absolute atomic E-state index is 0.0208. The molecule has 0 aliphatic heterocycles. The third-order valence-electron chi connectivity index (χ3n) is 4.21. The lowest BCUT2D eigenvalue weighted by Gasteiger charge is -2.36. The summed E-state index contributed by atoms with van der Waals surface area (Å²) in [5.41, 5.74) is 1.58. The van der Waals surface area contributed by atoms with Crippen molar-refractivity contribution in [2.45, 2.75) is 32.2 Å². The largest absolute Gasteiger partial charge is 0.451 e. The molecule has 1 amide bonds. The van der Waals surface area contributed by atoms with E-state index in [1.54, 1.807) is 4.90 Å². The molecule has 1 aliphatic rings. The van der Waals surface area contributed by atoms with Crippen molar-refractivity contribution in [3.63, 3.8) is 0 Å². The summed E-state index contributed by atoms with van der Waals surface area (Å²) in [6.45, 7) is 2.25. The summed E-state index contributed by atoms with van der Waals surface area (Å²) in [4.78, 5) is 14.5. The first-order valence-corrected chi connectivity index (χ1v) is 8.01. The van der Waals surface area contributed by atoms with E-state index in [0.29, 0.717) is 12.3 Å². The van der Waals surface area contributed by atoms with Gasteiger partial charge in [0.2, 0.25) is 0 Å². The molecule has 1 aromatic carbocycles. The maximum atomic E-state index is 12.8. The SMILES string of the molecule is Cc1c(C(=O)N(CCO)C2CCC2)oc2ccc(Br)cc12. The number of aliphatic hydroxyl groups excluding tert-OH is 1. The molecule has 1 aromatic heterocycles. The molecule has 1 saturated carbocycles. The van der Waals surface area contributed by atoms with Crippen molar-refractivity contribution in [3.05, 3.63) is 34.0 Å². The smallest absolute Gasteiger partial charge is 0.290 e. The molecule has 0 bridgehead atoms. The molecule has 2 aromatic rings. The lowest BCUT2D eigenvalue weighted by atomic mass is 9.91. The summed E-state index contributed by atoms with van der Waals surface area (Å²) in [7, 11) is 0. The quantitative estimate of drug-likeness (QED) is 0.917. The normalized spacial score (nSPS) is 15.2. The molecular formula is C16H18BrNO3. The van der Waals surface area contributed by atoms with Gasteiger partial charge in [-0.1, -0.05) is 15.9 Å². The highest BCUT2D eigenvalue weighted by atomic mass is 79.9. The molecule has 1 N–H and O–H groups in total. The van der Waals surface area contributed by atoms with Crippen LogP contribution in [0.3, 0.4) is 0 Å². The molecule has 4 nitrogen and oxygen atoms in total. The van der Waals surface area contributed by atoms with E-state index in [9.17, 15) is 9.90 Å². The Bertz CT molecular complexity index is 675. The van der Waals surface area contributed by atoms with Crippen LogP contribution < -0.4 is 0 Å². The second kappa shape index (κ2) is 5.81. The topological polar surface area (TPSA) is 53.7 Å². The van der Waals surface area contributed by atoms with Crippen molar-refractivity contribution in [2.24, 2.45) is 0 Å². The Kier molecular flexibility index (Phi) is 4.04. The fraction of sp³-hybridized carbons (Fsp3) is 0.438. The van der Waals surface area contributed by atoms with E-state index in [1.165, 1.54) is 0 Å². The number of fused-ring (bicyclic) bond motifs is 1. The zero-order valence-electron chi connectivity index (χ0n) is 11.9. The van der Waals surface area contributed by atoms with Crippen LogP contribution in [-0.4, -0.2) is 35.1 Å². The highest BCUT2D eigenvalue weighted by Crippen LogP contribution is 2.31. The summed E-state index contributed by atoms with van der Waals surface area (Å²) in [6, 6.07) is 5.97. The molecule has 0 saturated heterocycles. The van der Waals surface area contributed by atoms with E-state index in [-0.39, 0.29) is 18.6 Å². The molecule has 1 fully saturated rings. The maximum absolute atomic E-state index is 12.8. The van der Waals surface area contributed by atoms with Crippen molar-refractivity contribution < 1.29 is 14.3 Å². The molecule has 3 rings (SSSR count). The number of benzene rings is 1. The number of hydrogen-bond donors (Lipinski definition) is 1. The summed E-state index contributed by atoms with van der Waals surface area (Å²) < 4.78 is 6.73. The zero-order valence-corrected chi connectivity index (χ0v) is 13.5. The third-order valence-corrected chi connectivity index (χ3v) is 4.70. The van der Waals surface area contributed by atoms with Gasteiger partial charge in [-0.05, 0) is 44.4 Å². The van der Waals surface area contributed by atoms with E-state index in [4.69, 9.17) is 4.42 Å². The predicted molar refractivity (Wildman–Crippen MR) is 84.4 cm³/mol. The zero-order chi connectivity index (χ0) is 15.0. The Morgan fingerprint density at radius 1 is 1.48 bits per heavy atom. The number of hydrogen-bond acceptors (Lipinski definition) is 3. The summed E-state index contributed by atoms with van der Waals surface area (Å²) >= 11 is 3.44. The van der Waals surface area contributed by atoms with Crippen molar-refractivity contribution in [1.29, 1.82) is 0 Å². The average molecular weight is 352 g/mol. The van der Waals surface area contributed by atoms with Gasteiger partial charge in [-0.25, -0.2) is 0 Å². The Hall–Kier alpha value is -1.33. The molecule has 112 valence electrons. The van der Waals surface area contributed by atoms with Gasteiger partial charge in [0.05, 0.1) is 6.61 Å². The van der Waals surface area contributed by atoms with Gasteiger partial charge in [0.1, 0.15) is 5.58 Å². The van der Waals surface area contributed by atoms with Crippen LogP contribution in [0.15, 0.2) is 27.1 Å². The summed E-state index contributed by atoms with van der Waals surface area (Å²) in [5.74, 6) is 0.280. The number of carbonyl (C=O) groups excluding carboxylic acids is 1. The minimum atomic E-state index is -0.112. The van der Waals surface area contributed by atoms with Crippen LogP contribution in [-0.2, 0) is 0 Å². The first kappa shape index (κ1) is 14.6. The van der Waals surface area contributed by atoms with E-state index in [2.05, 4.69) is 15.9 Å². The molecule has 0 spiro atoms. The first-order chi connectivity index (χ1) is 10.1. The number of aliphatic hydroxyl groups is 1. The Balaban J connectivity index is 1.97. The van der Waals surface area contributed by atoms with Gasteiger partial charge in [0.15, 0.2) is 5.76 Å². The Morgan fingerprint density at radius 2 is 2.24 bits per heavy atom. The second-order valence-electron chi connectivity index (χ2n) is 5.50. The van der Waals surface area contributed by atoms with Crippen LogP contribution in [0.2, 0.25) is 0 Å². The van der Waals surface area contributed by atoms with Gasteiger partial charge in [0.25, 0.3) is 5.91 Å². The fourth-order valence-electron chi connectivity index (χ4n) is 2.78. The van der Waals surface area contributed by atoms with Gasteiger partial charge >= 0.3 is 0 Å². The van der Waals surface area contributed by atoms with Gasteiger partial charge in [-0.3, -0.25) is 4.79 Å². The van der Waals surface area contributed by atoms with Crippen LogP contribution in [0, 0.1) is 6.92 Å². The molecule has 1 heterocycles. The number of furan rings is 1. The first-order valence-electron chi connectivity index (χ1n) is 7.22. The van der Waals surface area contributed by atoms with E-state index >= 15 is 0 Å². The van der Waals surface area contributed by atoms with Crippen molar-refractivity contribution >= 4 is 32.8 Å². The lowest BCUT2D eigenvalue weighted by molar-refractivity contribution is 0.0496. The molecule has 5 heteroatoms.